The molecule has 0 heterocycles. The van der Waals surface area contributed by atoms with Gasteiger partial charge in [-0.25, -0.2) is 0 Å². The topological polar surface area (TPSA) is 90.9 Å². The first-order chi connectivity index (χ1) is 6.15. The van der Waals surface area contributed by atoms with Crippen molar-refractivity contribution in [3.05, 3.63) is 0 Å². The third kappa shape index (κ3) is 3.20. The molecule has 0 aliphatic heterocycles. The van der Waals surface area contributed by atoms with Gasteiger partial charge >= 0.3 is 0 Å². The molecule has 0 bridgehead atoms. The summed E-state index contributed by atoms with van der Waals surface area (Å²) in [7, 11) is 0. The summed E-state index contributed by atoms with van der Waals surface area (Å²) in [5.74, 6) is 0.593. The molecule has 5 N–H and O–H groups in total. The molecule has 0 radical (unpaired) electrons. The summed E-state index contributed by atoms with van der Waals surface area (Å²) >= 11 is 0. The number of nitrogens with zero attached hydrogens (tertiary/aromatic N) is 1. The minimum absolute atomic E-state index is 0.142. The lowest BCUT2D eigenvalue weighted by Crippen LogP contribution is -2.42. The van der Waals surface area contributed by atoms with E-state index in [9.17, 15) is 5.11 Å². The molecule has 0 aromatic carbocycles. The Labute approximate surface area is 77.6 Å². The second-order valence-corrected chi connectivity index (χ2v) is 3.56. The Bertz CT molecular complexity index is 192. The first kappa shape index (κ1) is 10.3. The monoisotopic (exact) mass is 187 g/mol. The highest BCUT2D eigenvalue weighted by Gasteiger charge is 2.29. The lowest BCUT2D eigenvalue weighted by molar-refractivity contribution is 0.147. The van der Waals surface area contributed by atoms with Crippen LogP contribution in [-0.4, -0.2) is 34.8 Å². The molecule has 1 saturated carbocycles. The van der Waals surface area contributed by atoms with Crippen LogP contribution >= 0.6 is 0 Å². The minimum Gasteiger partial charge on any atom is -0.409 e. The molecule has 1 aliphatic rings. The SMILES string of the molecule is CC(NCC(O)C1CC1)C(N)=NO. The molecule has 13 heavy (non-hydrogen) atoms. The molecular weight excluding hydrogens is 170 g/mol. The van der Waals surface area contributed by atoms with Gasteiger partial charge in [0.15, 0.2) is 5.84 Å². The number of rotatable bonds is 5. The molecule has 0 aromatic heterocycles. The summed E-state index contributed by atoms with van der Waals surface area (Å²) in [4.78, 5) is 0. The number of amidine groups is 1. The number of hydrogen-bond acceptors (Lipinski definition) is 4. The zero-order chi connectivity index (χ0) is 9.84. The van der Waals surface area contributed by atoms with Gasteiger partial charge in [0, 0.05) is 6.54 Å². The molecule has 0 aromatic rings. The fraction of sp³-hybridized carbons (Fsp3) is 0.875. The summed E-state index contributed by atoms with van der Waals surface area (Å²) in [6.45, 7) is 2.29. The Balaban J connectivity index is 2.17. The lowest BCUT2D eigenvalue weighted by atomic mass is 10.2. The Morgan fingerprint density at radius 2 is 2.31 bits per heavy atom. The standard InChI is InChI=1S/C8H17N3O2/c1-5(8(9)11-13)10-4-7(12)6-2-3-6/h5-7,10,12-13H,2-4H2,1H3,(H2,9,11). The van der Waals surface area contributed by atoms with Crippen LogP contribution in [0.1, 0.15) is 19.8 Å². The molecule has 1 aliphatic carbocycles. The maximum absolute atomic E-state index is 9.49. The van der Waals surface area contributed by atoms with Crippen molar-refractivity contribution in [2.45, 2.75) is 31.9 Å². The van der Waals surface area contributed by atoms with Gasteiger partial charge in [0.05, 0.1) is 12.1 Å². The van der Waals surface area contributed by atoms with Crippen molar-refractivity contribution in [1.29, 1.82) is 0 Å². The van der Waals surface area contributed by atoms with E-state index in [0.29, 0.717) is 12.5 Å². The fourth-order valence-electron chi connectivity index (χ4n) is 1.14. The van der Waals surface area contributed by atoms with Crippen LogP contribution in [0.3, 0.4) is 0 Å². The van der Waals surface area contributed by atoms with E-state index in [4.69, 9.17) is 10.9 Å². The van der Waals surface area contributed by atoms with E-state index in [-0.39, 0.29) is 18.0 Å². The van der Waals surface area contributed by atoms with Crippen LogP contribution in [0.5, 0.6) is 0 Å². The Morgan fingerprint density at radius 1 is 1.69 bits per heavy atom. The van der Waals surface area contributed by atoms with Crippen LogP contribution in [0, 0.1) is 5.92 Å². The highest BCUT2D eigenvalue weighted by Crippen LogP contribution is 2.32. The molecule has 0 saturated heterocycles. The average Bonchev–Trinajstić information content (AvgIpc) is 2.95. The summed E-state index contributed by atoms with van der Waals surface area (Å²) in [5, 5.41) is 23.7. The third-order valence-electron chi connectivity index (χ3n) is 2.36. The number of oxime groups is 1. The van der Waals surface area contributed by atoms with Gasteiger partial charge in [-0.2, -0.15) is 0 Å². The molecule has 2 atom stereocenters. The van der Waals surface area contributed by atoms with Gasteiger partial charge in [-0.05, 0) is 25.7 Å². The van der Waals surface area contributed by atoms with Gasteiger partial charge in [-0.1, -0.05) is 5.16 Å². The summed E-state index contributed by atoms with van der Waals surface area (Å²) < 4.78 is 0. The van der Waals surface area contributed by atoms with Crippen molar-refractivity contribution in [3.63, 3.8) is 0 Å². The average molecular weight is 187 g/mol. The molecular formula is C8H17N3O2. The summed E-state index contributed by atoms with van der Waals surface area (Å²) in [6.07, 6.45) is 1.93. The Hall–Kier alpha value is -0.810. The van der Waals surface area contributed by atoms with Crippen molar-refractivity contribution >= 4 is 5.84 Å². The zero-order valence-corrected chi connectivity index (χ0v) is 7.77. The summed E-state index contributed by atoms with van der Waals surface area (Å²) in [6, 6.07) is -0.196. The molecule has 1 rings (SSSR count). The van der Waals surface area contributed by atoms with Crippen molar-refractivity contribution in [1.82, 2.24) is 5.32 Å². The van der Waals surface area contributed by atoms with Crippen LogP contribution < -0.4 is 11.1 Å². The lowest BCUT2D eigenvalue weighted by Gasteiger charge is -2.15. The van der Waals surface area contributed by atoms with E-state index in [1.54, 1.807) is 6.92 Å². The predicted octanol–water partition coefficient (Wildman–Crippen LogP) is -0.518. The molecule has 76 valence electrons. The van der Waals surface area contributed by atoms with Crippen LogP contribution in [0.4, 0.5) is 0 Å². The largest absolute Gasteiger partial charge is 0.409 e. The van der Waals surface area contributed by atoms with Crippen LogP contribution in [0.15, 0.2) is 5.16 Å². The van der Waals surface area contributed by atoms with Crippen molar-refractivity contribution in [2.24, 2.45) is 16.8 Å². The van der Waals surface area contributed by atoms with E-state index >= 15 is 0 Å². The highest BCUT2D eigenvalue weighted by molar-refractivity contribution is 5.84. The molecule has 2 unspecified atom stereocenters. The Morgan fingerprint density at radius 3 is 2.77 bits per heavy atom. The Kier molecular flexibility index (Phi) is 3.50. The maximum atomic E-state index is 9.49. The number of nitrogens with one attached hydrogen (secondary N) is 1. The van der Waals surface area contributed by atoms with E-state index in [2.05, 4.69) is 10.5 Å². The maximum Gasteiger partial charge on any atom is 0.156 e. The fourth-order valence-corrected chi connectivity index (χ4v) is 1.14. The van der Waals surface area contributed by atoms with Gasteiger partial charge in [0.1, 0.15) is 0 Å². The number of nitrogens with two attached hydrogens (primary N) is 1. The van der Waals surface area contributed by atoms with Crippen LogP contribution in [-0.2, 0) is 0 Å². The number of aliphatic hydroxyl groups excluding tert-OH is 1. The first-order valence-electron chi connectivity index (χ1n) is 4.54. The molecule has 0 amide bonds. The van der Waals surface area contributed by atoms with E-state index in [1.807, 2.05) is 0 Å². The zero-order valence-electron chi connectivity index (χ0n) is 7.77. The molecule has 5 nitrogen and oxygen atoms in total. The van der Waals surface area contributed by atoms with E-state index in [0.717, 1.165) is 12.8 Å². The second kappa shape index (κ2) is 4.43. The highest BCUT2D eigenvalue weighted by atomic mass is 16.4. The van der Waals surface area contributed by atoms with Crippen molar-refractivity contribution in [2.75, 3.05) is 6.54 Å². The molecule has 0 spiro atoms. The summed E-state index contributed by atoms with van der Waals surface area (Å²) in [5.41, 5.74) is 5.35. The van der Waals surface area contributed by atoms with Gasteiger partial charge in [0.2, 0.25) is 0 Å². The first-order valence-corrected chi connectivity index (χ1v) is 4.54. The van der Waals surface area contributed by atoms with Crippen molar-refractivity contribution in [3.8, 4) is 0 Å². The minimum atomic E-state index is -0.297. The molecule has 5 heteroatoms. The van der Waals surface area contributed by atoms with Gasteiger partial charge in [0.25, 0.3) is 0 Å². The van der Waals surface area contributed by atoms with Crippen LogP contribution in [0.2, 0.25) is 0 Å². The normalized spacial score (nSPS) is 22.8. The van der Waals surface area contributed by atoms with E-state index < -0.39 is 0 Å². The smallest absolute Gasteiger partial charge is 0.156 e. The van der Waals surface area contributed by atoms with E-state index in [1.165, 1.54) is 0 Å². The third-order valence-corrected chi connectivity index (χ3v) is 2.36. The number of aliphatic hydroxyl groups is 1. The number of hydrogen-bond donors (Lipinski definition) is 4. The molecule has 1 fully saturated rings. The van der Waals surface area contributed by atoms with Gasteiger partial charge < -0.3 is 21.4 Å². The van der Waals surface area contributed by atoms with Gasteiger partial charge in [-0.3, -0.25) is 0 Å². The second-order valence-electron chi connectivity index (χ2n) is 3.56. The van der Waals surface area contributed by atoms with Crippen LogP contribution in [0.25, 0.3) is 0 Å². The quantitative estimate of drug-likeness (QED) is 0.202. The van der Waals surface area contributed by atoms with Gasteiger partial charge in [-0.15, -0.1) is 0 Å². The predicted molar refractivity (Wildman–Crippen MR) is 49.6 cm³/mol. The van der Waals surface area contributed by atoms with Crippen molar-refractivity contribution < 1.29 is 10.3 Å².